The van der Waals surface area contributed by atoms with Crippen molar-refractivity contribution in [2.24, 2.45) is 0 Å². The average Bonchev–Trinajstić information content (AvgIpc) is 1.58. The number of hydrogen-bond donors (Lipinski definition) is 2. The SMILES string of the molecule is O=C(O)OC(=O)OC(=O)O.[H-].[H-].[H-].[H-].[H-].[H-].[Mg+2].[Mg+2].[Na+].[Na+]. The predicted molar refractivity (Wildman–Crippen MR) is 41.8 cm³/mol. The van der Waals surface area contributed by atoms with Crippen LogP contribution in [0.15, 0.2) is 0 Å². The summed E-state index contributed by atoms with van der Waals surface area (Å²) in [6.45, 7) is 0. The zero-order valence-electron chi connectivity index (χ0n) is 13.8. The Balaban J connectivity index is -0.00000000900. The van der Waals surface area contributed by atoms with Gasteiger partial charge in [-0.05, 0) is 0 Å². The second-order valence-corrected chi connectivity index (χ2v) is 0.986. The van der Waals surface area contributed by atoms with Gasteiger partial charge in [0.05, 0.1) is 0 Å². The van der Waals surface area contributed by atoms with Gasteiger partial charge in [0.15, 0.2) is 0 Å². The van der Waals surface area contributed by atoms with Crippen LogP contribution in [0, 0.1) is 0 Å². The molecule has 0 saturated carbocycles. The summed E-state index contributed by atoms with van der Waals surface area (Å²) in [6, 6.07) is 0. The summed E-state index contributed by atoms with van der Waals surface area (Å²) in [4.78, 5) is 28.8. The smallest absolute Gasteiger partial charge is 1.00 e. The molecule has 0 aromatic heterocycles. The molecule has 68 valence electrons. The van der Waals surface area contributed by atoms with Gasteiger partial charge in [0, 0.05) is 0 Å². The van der Waals surface area contributed by atoms with Gasteiger partial charge < -0.3 is 28.2 Å². The summed E-state index contributed by atoms with van der Waals surface area (Å²) >= 11 is 0. The first-order valence-electron chi connectivity index (χ1n) is 1.88. The summed E-state index contributed by atoms with van der Waals surface area (Å²) < 4.78 is 6.47. The Kier molecular flexibility index (Phi) is 36.3. The van der Waals surface area contributed by atoms with Crippen LogP contribution in [0.3, 0.4) is 0 Å². The molecule has 0 aromatic rings. The molecule has 0 saturated heterocycles. The largest absolute Gasteiger partial charge is 2.00 e. The van der Waals surface area contributed by atoms with Crippen LogP contribution in [0.25, 0.3) is 0 Å². The van der Waals surface area contributed by atoms with Crippen molar-refractivity contribution in [3.63, 3.8) is 0 Å². The topological polar surface area (TPSA) is 110 Å². The van der Waals surface area contributed by atoms with E-state index in [0.717, 1.165) is 0 Å². The normalized spacial score (nSPS) is 5.71. The number of carbonyl (C=O) groups is 3. The first-order valence-corrected chi connectivity index (χ1v) is 1.88. The molecule has 0 aliphatic heterocycles. The van der Waals surface area contributed by atoms with Crippen LogP contribution in [-0.2, 0) is 9.47 Å². The van der Waals surface area contributed by atoms with Crippen molar-refractivity contribution in [3.05, 3.63) is 0 Å². The molecule has 0 amide bonds. The van der Waals surface area contributed by atoms with Crippen molar-refractivity contribution in [1.82, 2.24) is 0 Å². The summed E-state index contributed by atoms with van der Waals surface area (Å²) in [7, 11) is 0. The van der Waals surface area contributed by atoms with Crippen LogP contribution in [-0.4, -0.2) is 74.8 Å². The molecule has 14 heavy (non-hydrogen) atoms. The van der Waals surface area contributed by atoms with E-state index < -0.39 is 18.5 Å². The second-order valence-electron chi connectivity index (χ2n) is 0.986. The minimum Gasteiger partial charge on any atom is -1.00 e. The van der Waals surface area contributed by atoms with Crippen molar-refractivity contribution in [3.8, 4) is 0 Å². The fourth-order valence-corrected chi connectivity index (χ4v) is 0.163. The summed E-state index contributed by atoms with van der Waals surface area (Å²) in [6.07, 6.45) is -5.64. The number of rotatable bonds is 0. The molecule has 0 aliphatic rings. The van der Waals surface area contributed by atoms with E-state index in [1.807, 2.05) is 0 Å². The van der Waals surface area contributed by atoms with E-state index in [-0.39, 0.29) is 114 Å². The Morgan fingerprint density at radius 2 is 1.07 bits per heavy atom. The maximum absolute atomic E-state index is 9.86. The van der Waals surface area contributed by atoms with E-state index in [2.05, 4.69) is 9.47 Å². The first kappa shape index (κ1) is 29.6. The average molecular weight is 251 g/mol. The van der Waals surface area contributed by atoms with Crippen molar-refractivity contribution in [2.45, 2.75) is 0 Å². The Morgan fingerprint density at radius 3 is 1.21 bits per heavy atom. The third-order valence-corrected chi connectivity index (χ3v) is 0.341. The van der Waals surface area contributed by atoms with Gasteiger partial charge in [-0.15, -0.1) is 0 Å². The molecule has 2 N–H and O–H groups in total. The van der Waals surface area contributed by atoms with Gasteiger partial charge >= 0.3 is 124 Å². The molecule has 0 aromatic carbocycles. The summed E-state index contributed by atoms with van der Waals surface area (Å²) in [5.74, 6) is 0. The molecule has 0 aliphatic carbocycles. The van der Waals surface area contributed by atoms with Crippen molar-refractivity contribution < 1.29 is 102 Å². The molecule has 0 fully saturated rings. The first-order chi connectivity index (χ1) is 4.52. The monoisotopic (exact) mass is 250 g/mol. The van der Waals surface area contributed by atoms with Crippen molar-refractivity contribution in [1.29, 1.82) is 0 Å². The molecule has 0 atom stereocenters. The Bertz CT molecular complexity index is 185. The van der Waals surface area contributed by atoms with E-state index >= 15 is 0 Å². The number of hydrogen-bond acceptors (Lipinski definition) is 5. The van der Waals surface area contributed by atoms with Gasteiger partial charge in [-0.1, -0.05) is 0 Å². The molecule has 0 unspecified atom stereocenters. The van der Waals surface area contributed by atoms with Crippen LogP contribution in [0.4, 0.5) is 14.4 Å². The van der Waals surface area contributed by atoms with E-state index in [1.165, 1.54) is 0 Å². The van der Waals surface area contributed by atoms with Crippen LogP contribution < -0.4 is 59.1 Å². The van der Waals surface area contributed by atoms with Crippen LogP contribution in [0.5, 0.6) is 0 Å². The molecule has 11 heteroatoms. The molecule has 0 bridgehead atoms. The van der Waals surface area contributed by atoms with Crippen molar-refractivity contribution >= 4 is 64.6 Å². The van der Waals surface area contributed by atoms with E-state index in [4.69, 9.17) is 10.2 Å². The molecule has 0 radical (unpaired) electrons. The molecule has 0 rings (SSSR count). The van der Waals surface area contributed by atoms with E-state index in [1.54, 1.807) is 0 Å². The quantitative estimate of drug-likeness (QED) is 0.251. The van der Waals surface area contributed by atoms with Crippen LogP contribution in [0.1, 0.15) is 8.56 Å². The minimum atomic E-state index is -1.92. The Hall–Kier alpha value is 1.74. The second kappa shape index (κ2) is 17.1. The third-order valence-electron chi connectivity index (χ3n) is 0.341. The fourth-order valence-electron chi connectivity index (χ4n) is 0.163. The maximum Gasteiger partial charge on any atom is 2.00 e. The summed E-state index contributed by atoms with van der Waals surface area (Å²) in [5, 5.41) is 15.4. The predicted octanol–water partition coefficient (Wildman–Crippen LogP) is -5.58. The van der Waals surface area contributed by atoms with Gasteiger partial charge in [-0.2, -0.15) is 0 Å². The third kappa shape index (κ3) is 23.5. The minimum absolute atomic E-state index is 0. The van der Waals surface area contributed by atoms with Crippen molar-refractivity contribution in [2.75, 3.05) is 0 Å². The number of ether oxygens (including phenoxy) is 2. The van der Waals surface area contributed by atoms with Gasteiger partial charge in [-0.3, -0.25) is 0 Å². The molecule has 7 nitrogen and oxygen atoms in total. The summed E-state index contributed by atoms with van der Waals surface area (Å²) in [5.41, 5.74) is 0. The van der Waals surface area contributed by atoms with Gasteiger partial charge in [0.25, 0.3) is 0 Å². The fraction of sp³-hybridized carbons (Fsp3) is 0. The zero-order valence-corrected chi connectivity index (χ0v) is 14.7. The van der Waals surface area contributed by atoms with Crippen LogP contribution in [0.2, 0.25) is 0 Å². The Morgan fingerprint density at radius 1 is 0.857 bits per heavy atom. The van der Waals surface area contributed by atoms with E-state index in [9.17, 15) is 14.4 Å². The van der Waals surface area contributed by atoms with Gasteiger partial charge in [0.2, 0.25) is 0 Å². The molecular weight excluding hydrogens is 243 g/mol. The molecular formula is C3H8Mg2Na2O7. The maximum atomic E-state index is 9.86. The van der Waals surface area contributed by atoms with E-state index in [0.29, 0.717) is 0 Å². The number of carbonyl (C=O) groups excluding carboxylic acids is 1. The van der Waals surface area contributed by atoms with Crippen LogP contribution >= 0.6 is 0 Å². The standard InChI is InChI=1S/C3H2O7.2Mg.2Na.6H/c4-1(5)9-3(8)10-2(6)7;;;;;;;;;;/h(H,4,5)(H,6,7);;;;;;;;;;/q;2*+2;2*+1;6*-1. The van der Waals surface area contributed by atoms with Gasteiger partial charge in [-0.25, -0.2) is 14.4 Å². The molecule has 0 spiro atoms. The zero-order chi connectivity index (χ0) is 8.15. The number of carboxylic acid groups (broad SMARTS) is 2. The molecule has 0 heterocycles. The Labute approximate surface area is 164 Å². The van der Waals surface area contributed by atoms with Gasteiger partial charge in [0.1, 0.15) is 0 Å².